The summed E-state index contributed by atoms with van der Waals surface area (Å²) >= 11 is 0. The van der Waals surface area contributed by atoms with E-state index in [1.54, 1.807) is 0 Å². The molecule has 0 amide bonds. The molecule has 2 atom stereocenters. The zero-order valence-electron chi connectivity index (χ0n) is 10.4. The van der Waals surface area contributed by atoms with Gasteiger partial charge in [0.15, 0.2) is 0 Å². The Hall–Kier alpha value is -0.590. The molecule has 0 radical (unpaired) electrons. The van der Waals surface area contributed by atoms with Crippen molar-refractivity contribution in [2.45, 2.75) is 45.2 Å². The van der Waals surface area contributed by atoms with Crippen molar-refractivity contribution in [1.82, 2.24) is 10.2 Å². The maximum Gasteiger partial charge on any atom is 0.0866 e. The highest BCUT2D eigenvalue weighted by molar-refractivity contribution is 4.92. The molecule has 2 unspecified atom stereocenters. The number of hydrogen-bond acceptors (Lipinski definition) is 3. The van der Waals surface area contributed by atoms with E-state index in [0.717, 1.165) is 31.0 Å². The van der Waals surface area contributed by atoms with Gasteiger partial charge in [-0.15, -0.1) is 0 Å². The van der Waals surface area contributed by atoms with Crippen LogP contribution in [0.4, 0.5) is 0 Å². The molecule has 3 heteroatoms. The molecule has 2 aliphatic rings. The van der Waals surface area contributed by atoms with E-state index in [0.29, 0.717) is 12.6 Å². The van der Waals surface area contributed by atoms with Gasteiger partial charge in [-0.3, -0.25) is 4.90 Å². The average Bonchev–Trinajstić information content (AvgIpc) is 3.01. The van der Waals surface area contributed by atoms with Crippen LogP contribution in [0, 0.1) is 23.2 Å². The van der Waals surface area contributed by atoms with Gasteiger partial charge in [0.2, 0.25) is 0 Å². The maximum atomic E-state index is 8.81. The zero-order chi connectivity index (χ0) is 11.5. The minimum absolute atomic E-state index is 0.589. The third-order valence-corrected chi connectivity index (χ3v) is 3.84. The molecule has 0 aromatic rings. The van der Waals surface area contributed by atoms with Gasteiger partial charge in [-0.25, -0.2) is 0 Å². The Kier molecular flexibility index (Phi) is 3.83. The molecule has 3 nitrogen and oxygen atoms in total. The molecular weight excluding hydrogens is 198 g/mol. The highest BCUT2D eigenvalue weighted by Gasteiger charge is 2.32. The summed E-state index contributed by atoms with van der Waals surface area (Å²) in [6.45, 7) is 7.36. The largest absolute Gasteiger partial charge is 0.310 e. The van der Waals surface area contributed by atoms with Crippen molar-refractivity contribution < 1.29 is 0 Å². The van der Waals surface area contributed by atoms with Gasteiger partial charge in [-0.2, -0.15) is 5.26 Å². The van der Waals surface area contributed by atoms with E-state index in [4.69, 9.17) is 5.26 Å². The summed E-state index contributed by atoms with van der Waals surface area (Å²) in [5, 5.41) is 12.5. The summed E-state index contributed by atoms with van der Waals surface area (Å²) in [7, 11) is 0. The van der Waals surface area contributed by atoms with Gasteiger partial charge in [0, 0.05) is 25.2 Å². The molecule has 1 aliphatic carbocycles. The van der Waals surface area contributed by atoms with Crippen molar-refractivity contribution in [2.75, 3.05) is 19.6 Å². The van der Waals surface area contributed by atoms with Gasteiger partial charge in [-0.05, 0) is 31.1 Å². The molecule has 90 valence electrons. The van der Waals surface area contributed by atoms with Gasteiger partial charge in [0.25, 0.3) is 0 Å². The fourth-order valence-corrected chi connectivity index (χ4v) is 2.65. The second-order valence-electron chi connectivity index (χ2n) is 5.73. The molecule has 1 heterocycles. The Bertz CT molecular complexity index is 265. The Labute approximate surface area is 98.8 Å². The van der Waals surface area contributed by atoms with Crippen LogP contribution in [0.1, 0.15) is 33.1 Å². The van der Waals surface area contributed by atoms with Gasteiger partial charge in [0.05, 0.1) is 12.6 Å². The van der Waals surface area contributed by atoms with E-state index < -0.39 is 0 Å². The SMILES string of the molecule is CC(C)C1CC(NC2CC2)CN(CC#N)C1. The molecule has 16 heavy (non-hydrogen) atoms. The average molecular weight is 221 g/mol. The number of nitrogens with one attached hydrogen (secondary N) is 1. The van der Waals surface area contributed by atoms with Crippen LogP contribution in [0.5, 0.6) is 0 Å². The molecule has 0 aromatic heterocycles. The van der Waals surface area contributed by atoms with Crippen LogP contribution in [0.3, 0.4) is 0 Å². The lowest BCUT2D eigenvalue weighted by Crippen LogP contribution is -2.50. The van der Waals surface area contributed by atoms with Crippen LogP contribution < -0.4 is 5.32 Å². The molecule has 1 N–H and O–H groups in total. The van der Waals surface area contributed by atoms with E-state index in [2.05, 4.69) is 30.1 Å². The highest BCUT2D eigenvalue weighted by Crippen LogP contribution is 2.27. The number of nitriles is 1. The fraction of sp³-hybridized carbons (Fsp3) is 0.923. The number of nitrogens with zero attached hydrogens (tertiary/aromatic N) is 2. The third-order valence-electron chi connectivity index (χ3n) is 3.84. The Morgan fingerprint density at radius 3 is 2.62 bits per heavy atom. The number of hydrogen-bond donors (Lipinski definition) is 1. The first-order valence-corrected chi connectivity index (χ1v) is 6.54. The van der Waals surface area contributed by atoms with Crippen LogP contribution in [0.2, 0.25) is 0 Å². The summed E-state index contributed by atoms with van der Waals surface area (Å²) in [4.78, 5) is 2.31. The Morgan fingerprint density at radius 2 is 2.06 bits per heavy atom. The van der Waals surface area contributed by atoms with Crippen LogP contribution in [-0.4, -0.2) is 36.6 Å². The standard InChI is InChI=1S/C13H23N3/c1-10(2)11-7-13(15-12-3-4-12)9-16(8-11)6-5-14/h10-13,15H,3-4,6-9H2,1-2H3. The van der Waals surface area contributed by atoms with Gasteiger partial charge < -0.3 is 5.32 Å². The monoisotopic (exact) mass is 221 g/mol. The van der Waals surface area contributed by atoms with Crippen LogP contribution in [-0.2, 0) is 0 Å². The molecular formula is C13H23N3. The van der Waals surface area contributed by atoms with Crippen LogP contribution in [0.25, 0.3) is 0 Å². The van der Waals surface area contributed by atoms with Crippen LogP contribution >= 0.6 is 0 Å². The summed E-state index contributed by atoms with van der Waals surface area (Å²) in [6.07, 6.45) is 3.98. The molecule has 0 aromatic carbocycles. The normalized spacial score (nSPS) is 31.6. The van der Waals surface area contributed by atoms with Crippen molar-refractivity contribution in [3.8, 4) is 6.07 Å². The lowest BCUT2D eigenvalue weighted by Gasteiger charge is -2.39. The third kappa shape index (κ3) is 3.20. The van der Waals surface area contributed by atoms with Gasteiger partial charge in [-0.1, -0.05) is 13.8 Å². The van der Waals surface area contributed by atoms with E-state index in [1.165, 1.54) is 19.3 Å². The van der Waals surface area contributed by atoms with Crippen molar-refractivity contribution >= 4 is 0 Å². The molecule has 2 rings (SSSR count). The van der Waals surface area contributed by atoms with Crippen molar-refractivity contribution in [1.29, 1.82) is 5.26 Å². The first-order chi connectivity index (χ1) is 7.69. The van der Waals surface area contributed by atoms with E-state index >= 15 is 0 Å². The molecule has 1 saturated carbocycles. The van der Waals surface area contributed by atoms with Gasteiger partial charge >= 0.3 is 0 Å². The summed E-state index contributed by atoms with van der Waals surface area (Å²) in [6, 6.07) is 3.68. The number of rotatable bonds is 4. The minimum Gasteiger partial charge on any atom is -0.310 e. The highest BCUT2D eigenvalue weighted by atomic mass is 15.2. The second-order valence-corrected chi connectivity index (χ2v) is 5.73. The van der Waals surface area contributed by atoms with Gasteiger partial charge in [0.1, 0.15) is 0 Å². The smallest absolute Gasteiger partial charge is 0.0866 e. The lowest BCUT2D eigenvalue weighted by atomic mass is 9.85. The van der Waals surface area contributed by atoms with E-state index in [-0.39, 0.29) is 0 Å². The summed E-state index contributed by atoms with van der Waals surface area (Å²) in [5.41, 5.74) is 0. The maximum absolute atomic E-state index is 8.81. The topological polar surface area (TPSA) is 39.1 Å². The number of piperidine rings is 1. The predicted molar refractivity (Wildman–Crippen MR) is 64.9 cm³/mol. The van der Waals surface area contributed by atoms with Crippen molar-refractivity contribution in [3.63, 3.8) is 0 Å². The first-order valence-electron chi connectivity index (χ1n) is 6.54. The molecule has 0 spiro atoms. The molecule has 0 bridgehead atoms. The minimum atomic E-state index is 0.589. The fourth-order valence-electron chi connectivity index (χ4n) is 2.65. The predicted octanol–water partition coefficient (Wildman–Crippen LogP) is 1.61. The Balaban J connectivity index is 1.89. The molecule has 2 fully saturated rings. The van der Waals surface area contributed by atoms with E-state index in [1.807, 2.05) is 0 Å². The Morgan fingerprint density at radius 1 is 1.31 bits per heavy atom. The lowest BCUT2D eigenvalue weighted by molar-refractivity contribution is 0.127. The van der Waals surface area contributed by atoms with Crippen molar-refractivity contribution in [3.05, 3.63) is 0 Å². The molecule has 1 saturated heterocycles. The summed E-state index contributed by atoms with van der Waals surface area (Å²) in [5.74, 6) is 1.48. The first kappa shape index (κ1) is 11.9. The molecule has 1 aliphatic heterocycles. The van der Waals surface area contributed by atoms with Crippen LogP contribution in [0.15, 0.2) is 0 Å². The second kappa shape index (κ2) is 5.16. The quantitative estimate of drug-likeness (QED) is 0.733. The van der Waals surface area contributed by atoms with Crippen molar-refractivity contribution in [2.24, 2.45) is 11.8 Å². The number of likely N-dealkylation sites (tertiary alicyclic amines) is 1. The van der Waals surface area contributed by atoms with E-state index in [9.17, 15) is 0 Å². The zero-order valence-corrected chi connectivity index (χ0v) is 10.4. The summed E-state index contributed by atoms with van der Waals surface area (Å²) < 4.78 is 0.